The predicted octanol–water partition coefficient (Wildman–Crippen LogP) is 6.66. The number of aromatic nitrogens is 1. The summed E-state index contributed by atoms with van der Waals surface area (Å²) in [5, 5.41) is 11.1. The van der Waals surface area contributed by atoms with Gasteiger partial charge >= 0.3 is 0 Å². The van der Waals surface area contributed by atoms with Crippen LogP contribution in [0.5, 0.6) is 5.75 Å². The molecular formula is C31H43N3O3. The number of carbonyl (C=O) groups excluding carboxylic acids is 2. The van der Waals surface area contributed by atoms with E-state index in [0.717, 1.165) is 73.8 Å². The normalized spacial score (nSPS) is 11.1. The molecule has 0 aliphatic heterocycles. The minimum Gasteiger partial charge on any atom is -0.508 e. The van der Waals surface area contributed by atoms with Crippen LogP contribution in [0.15, 0.2) is 48.5 Å². The van der Waals surface area contributed by atoms with Crippen LogP contribution in [0, 0.1) is 6.92 Å². The molecule has 0 spiro atoms. The zero-order valence-corrected chi connectivity index (χ0v) is 23.0. The summed E-state index contributed by atoms with van der Waals surface area (Å²) in [6, 6.07) is 15.7. The number of fused-ring (bicyclic) bond motifs is 1. The Morgan fingerprint density at radius 3 is 2.32 bits per heavy atom. The summed E-state index contributed by atoms with van der Waals surface area (Å²) in [6.45, 7) is 7.98. The van der Waals surface area contributed by atoms with Gasteiger partial charge in [-0.1, -0.05) is 62.9 Å². The molecule has 0 bridgehead atoms. The summed E-state index contributed by atoms with van der Waals surface area (Å²) < 4.78 is 2.23. The molecule has 2 amide bonds. The number of benzene rings is 2. The number of hydrogen-bond donors (Lipinski definition) is 1. The molecule has 1 aromatic heterocycles. The van der Waals surface area contributed by atoms with Crippen LogP contribution in [0.3, 0.4) is 0 Å². The minimum atomic E-state index is 0.00548. The average Bonchev–Trinajstić information content (AvgIpc) is 3.14. The van der Waals surface area contributed by atoms with Gasteiger partial charge in [0.05, 0.1) is 11.2 Å². The first kappa shape index (κ1) is 28.3. The van der Waals surface area contributed by atoms with Crippen molar-refractivity contribution >= 4 is 28.4 Å². The number of phenols is 1. The van der Waals surface area contributed by atoms with E-state index in [2.05, 4.69) is 30.5 Å². The Kier molecular flexibility index (Phi) is 10.6. The smallest absolute Gasteiger partial charge is 0.223 e. The van der Waals surface area contributed by atoms with Crippen LogP contribution in [0.25, 0.3) is 10.9 Å². The molecule has 0 saturated carbocycles. The quantitative estimate of drug-likeness (QED) is 0.249. The molecule has 37 heavy (non-hydrogen) atoms. The van der Waals surface area contributed by atoms with Crippen LogP contribution in [0.1, 0.15) is 76.5 Å². The van der Waals surface area contributed by atoms with Crippen molar-refractivity contribution in [2.75, 3.05) is 25.0 Å². The number of aromatic hydroxyl groups is 1. The fraction of sp³-hybridized carbons (Fsp3) is 0.484. The molecule has 0 radical (unpaired) electrons. The molecule has 0 aliphatic carbocycles. The van der Waals surface area contributed by atoms with Gasteiger partial charge in [-0.05, 0) is 49.9 Å². The Morgan fingerprint density at radius 1 is 0.919 bits per heavy atom. The summed E-state index contributed by atoms with van der Waals surface area (Å²) in [4.78, 5) is 28.7. The van der Waals surface area contributed by atoms with Crippen molar-refractivity contribution in [2.24, 2.45) is 0 Å². The lowest BCUT2D eigenvalue weighted by Crippen LogP contribution is -2.30. The Hall–Kier alpha value is -3.28. The standard InChI is InChI=1S/C31H43N3O3/c1-5-6-20-32(4)30(37)17-13-8-7-9-14-21-33(25(3)35)31-24(2)34(23-26-15-11-10-12-16-26)29-19-18-27(36)22-28(29)31/h10-12,15-16,18-19,22,36H,5-9,13-14,17,20-21,23H2,1-4H3. The van der Waals surface area contributed by atoms with E-state index in [0.29, 0.717) is 19.5 Å². The fourth-order valence-corrected chi connectivity index (χ4v) is 4.98. The molecule has 0 aliphatic rings. The molecule has 200 valence electrons. The SMILES string of the molecule is CCCCN(C)C(=O)CCCCCCCN(C(C)=O)c1c(C)n(Cc2ccccc2)c2ccc(O)cc12. The fourth-order valence-electron chi connectivity index (χ4n) is 4.98. The van der Waals surface area contributed by atoms with Crippen molar-refractivity contribution in [1.29, 1.82) is 0 Å². The number of unbranched alkanes of at least 4 members (excludes halogenated alkanes) is 5. The van der Waals surface area contributed by atoms with Crippen molar-refractivity contribution in [3.05, 3.63) is 59.8 Å². The maximum absolute atomic E-state index is 12.8. The lowest BCUT2D eigenvalue weighted by Gasteiger charge is -2.22. The van der Waals surface area contributed by atoms with Crippen LogP contribution in [-0.2, 0) is 16.1 Å². The van der Waals surface area contributed by atoms with Gasteiger partial charge in [-0.25, -0.2) is 0 Å². The van der Waals surface area contributed by atoms with Gasteiger partial charge in [-0.3, -0.25) is 9.59 Å². The second-order valence-electron chi connectivity index (χ2n) is 10.1. The average molecular weight is 506 g/mol. The molecule has 1 heterocycles. The number of phenolic OH excluding ortho intramolecular Hbond substituents is 1. The third-order valence-corrected chi connectivity index (χ3v) is 7.15. The molecule has 3 aromatic rings. The Labute approximate surface area is 221 Å². The molecular weight excluding hydrogens is 462 g/mol. The van der Waals surface area contributed by atoms with Crippen molar-refractivity contribution in [1.82, 2.24) is 9.47 Å². The van der Waals surface area contributed by atoms with Crippen molar-refractivity contribution in [2.45, 2.75) is 78.7 Å². The van der Waals surface area contributed by atoms with Crippen LogP contribution < -0.4 is 4.90 Å². The second kappa shape index (κ2) is 13.9. The Bertz CT molecular complexity index is 1170. The largest absolute Gasteiger partial charge is 0.508 e. The lowest BCUT2D eigenvalue weighted by molar-refractivity contribution is -0.130. The molecule has 0 unspecified atom stereocenters. The summed E-state index contributed by atoms with van der Waals surface area (Å²) in [6.07, 6.45) is 7.66. The van der Waals surface area contributed by atoms with Crippen LogP contribution >= 0.6 is 0 Å². The molecule has 0 saturated heterocycles. The number of anilines is 1. The van der Waals surface area contributed by atoms with E-state index >= 15 is 0 Å². The molecule has 6 heteroatoms. The van der Waals surface area contributed by atoms with Crippen LogP contribution in [-0.4, -0.2) is 46.5 Å². The van der Waals surface area contributed by atoms with Crippen LogP contribution in [0.4, 0.5) is 5.69 Å². The van der Waals surface area contributed by atoms with Gasteiger partial charge in [-0.15, -0.1) is 0 Å². The molecule has 2 aromatic carbocycles. The molecule has 1 N–H and O–H groups in total. The topological polar surface area (TPSA) is 65.8 Å². The van der Waals surface area contributed by atoms with Gasteiger partial charge in [0.15, 0.2) is 0 Å². The molecule has 6 nitrogen and oxygen atoms in total. The van der Waals surface area contributed by atoms with Gasteiger partial charge in [0.25, 0.3) is 0 Å². The van der Waals surface area contributed by atoms with Crippen molar-refractivity contribution < 1.29 is 14.7 Å². The second-order valence-corrected chi connectivity index (χ2v) is 10.1. The van der Waals surface area contributed by atoms with E-state index in [1.165, 1.54) is 5.56 Å². The third kappa shape index (κ3) is 7.61. The molecule has 3 rings (SSSR count). The van der Waals surface area contributed by atoms with Crippen LogP contribution in [0.2, 0.25) is 0 Å². The lowest BCUT2D eigenvalue weighted by atomic mass is 10.1. The highest BCUT2D eigenvalue weighted by molar-refractivity contribution is 6.04. The monoisotopic (exact) mass is 505 g/mol. The van der Waals surface area contributed by atoms with Gasteiger partial charge in [0.2, 0.25) is 11.8 Å². The van der Waals surface area contributed by atoms with Gasteiger partial charge in [0, 0.05) is 51.1 Å². The first-order valence-corrected chi connectivity index (χ1v) is 13.7. The summed E-state index contributed by atoms with van der Waals surface area (Å²) in [5.41, 5.74) is 4.10. The number of nitrogens with zero attached hydrogens (tertiary/aromatic N) is 3. The number of amides is 2. The van der Waals surface area contributed by atoms with Crippen molar-refractivity contribution in [3.63, 3.8) is 0 Å². The summed E-state index contributed by atoms with van der Waals surface area (Å²) in [7, 11) is 1.90. The summed E-state index contributed by atoms with van der Waals surface area (Å²) in [5.74, 6) is 0.441. The highest BCUT2D eigenvalue weighted by Crippen LogP contribution is 2.36. The van der Waals surface area contributed by atoms with E-state index in [9.17, 15) is 14.7 Å². The van der Waals surface area contributed by atoms with Gasteiger partial charge < -0.3 is 19.5 Å². The van der Waals surface area contributed by atoms with E-state index < -0.39 is 0 Å². The first-order chi connectivity index (χ1) is 17.8. The zero-order valence-electron chi connectivity index (χ0n) is 23.0. The predicted molar refractivity (Wildman–Crippen MR) is 152 cm³/mol. The first-order valence-electron chi connectivity index (χ1n) is 13.7. The van der Waals surface area contributed by atoms with Crippen molar-refractivity contribution in [3.8, 4) is 5.75 Å². The maximum Gasteiger partial charge on any atom is 0.223 e. The van der Waals surface area contributed by atoms with Gasteiger partial charge in [0.1, 0.15) is 5.75 Å². The maximum atomic E-state index is 12.8. The molecule has 0 atom stereocenters. The highest BCUT2D eigenvalue weighted by atomic mass is 16.3. The summed E-state index contributed by atoms with van der Waals surface area (Å²) >= 11 is 0. The third-order valence-electron chi connectivity index (χ3n) is 7.15. The van der Waals surface area contributed by atoms with E-state index in [1.54, 1.807) is 19.1 Å². The van der Waals surface area contributed by atoms with E-state index in [-0.39, 0.29) is 17.6 Å². The Balaban J connectivity index is 1.63. The highest BCUT2D eigenvalue weighted by Gasteiger charge is 2.22. The zero-order chi connectivity index (χ0) is 26.8. The number of rotatable bonds is 14. The van der Waals surface area contributed by atoms with E-state index in [1.807, 2.05) is 41.1 Å². The number of hydrogen-bond acceptors (Lipinski definition) is 3. The Morgan fingerprint density at radius 2 is 1.62 bits per heavy atom. The van der Waals surface area contributed by atoms with E-state index in [4.69, 9.17) is 0 Å². The minimum absolute atomic E-state index is 0.00548. The number of carbonyl (C=O) groups is 2. The molecule has 0 fully saturated rings. The van der Waals surface area contributed by atoms with Gasteiger partial charge in [-0.2, -0.15) is 0 Å².